The number of rotatable bonds is 10. The molecule has 182 valence electrons. The second kappa shape index (κ2) is 11.4. The van der Waals surface area contributed by atoms with Gasteiger partial charge in [0, 0.05) is 6.54 Å². The van der Waals surface area contributed by atoms with Gasteiger partial charge in [0.05, 0.1) is 10.9 Å². The number of anilines is 1. The standard InChI is InChI=1S/C24H27F3N4O2S/c1-5-16-6-8-17(9-7-16)33-13-20-29-30-24(31(20)12-14(2)3)34-15(4)23(32)28-19-11-10-18(25)21(26)22(19)27/h6-11,14-15H,5,12-13H2,1-4H3,(H,28,32). The second-order valence-electron chi connectivity index (χ2n) is 8.16. The highest BCUT2D eigenvalue weighted by molar-refractivity contribution is 8.00. The number of aryl methyl sites for hydroxylation is 1. The molecule has 0 fully saturated rings. The number of benzene rings is 2. The first-order valence-electron chi connectivity index (χ1n) is 10.9. The number of hydrogen-bond donors (Lipinski definition) is 1. The Morgan fingerprint density at radius 1 is 1.06 bits per heavy atom. The van der Waals surface area contributed by atoms with E-state index in [1.807, 2.05) is 42.7 Å². The average molecular weight is 493 g/mol. The van der Waals surface area contributed by atoms with Crippen LogP contribution in [0.4, 0.5) is 18.9 Å². The third-order valence-corrected chi connectivity index (χ3v) is 6.07. The van der Waals surface area contributed by atoms with Crippen molar-refractivity contribution in [2.75, 3.05) is 5.32 Å². The smallest absolute Gasteiger partial charge is 0.237 e. The Bertz CT molecular complexity index is 1140. The van der Waals surface area contributed by atoms with Gasteiger partial charge in [-0.05, 0) is 49.1 Å². The van der Waals surface area contributed by atoms with Crippen LogP contribution in [-0.4, -0.2) is 25.9 Å². The summed E-state index contributed by atoms with van der Waals surface area (Å²) in [7, 11) is 0. The number of ether oxygens (including phenoxy) is 1. The number of thioether (sulfide) groups is 1. The van der Waals surface area contributed by atoms with Crippen LogP contribution in [0.3, 0.4) is 0 Å². The SMILES string of the molecule is CCc1ccc(OCc2nnc(SC(C)C(=O)Nc3ccc(F)c(F)c3F)n2CC(C)C)cc1. The van der Waals surface area contributed by atoms with Crippen molar-refractivity contribution >= 4 is 23.4 Å². The maximum Gasteiger partial charge on any atom is 0.237 e. The average Bonchev–Trinajstić information content (AvgIpc) is 3.18. The molecule has 10 heteroatoms. The largest absolute Gasteiger partial charge is 0.486 e. The number of aromatic nitrogens is 3. The Labute approximate surface area is 200 Å². The van der Waals surface area contributed by atoms with Crippen molar-refractivity contribution in [2.45, 2.75) is 57.7 Å². The van der Waals surface area contributed by atoms with E-state index in [1.165, 1.54) is 5.56 Å². The van der Waals surface area contributed by atoms with E-state index in [0.29, 0.717) is 23.3 Å². The molecule has 6 nitrogen and oxygen atoms in total. The Morgan fingerprint density at radius 3 is 2.41 bits per heavy atom. The maximum absolute atomic E-state index is 13.9. The fraction of sp³-hybridized carbons (Fsp3) is 0.375. The number of hydrogen-bond acceptors (Lipinski definition) is 5. The zero-order chi connectivity index (χ0) is 24.8. The summed E-state index contributed by atoms with van der Waals surface area (Å²) in [4.78, 5) is 12.6. The molecule has 1 unspecified atom stereocenters. The Balaban J connectivity index is 1.70. The van der Waals surface area contributed by atoms with Gasteiger partial charge in [-0.2, -0.15) is 0 Å². The topological polar surface area (TPSA) is 69.0 Å². The first-order valence-corrected chi connectivity index (χ1v) is 11.8. The summed E-state index contributed by atoms with van der Waals surface area (Å²) in [5.74, 6) is -3.39. The molecule has 1 heterocycles. The van der Waals surface area contributed by atoms with Crippen molar-refractivity contribution < 1.29 is 22.7 Å². The molecular weight excluding hydrogens is 465 g/mol. The quantitative estimate of drug-likeness (QED) is 0.294. The number of nitrogens with one attached hydrogen (secondary N) is 1. The van der Waals surface area contributed by atoms with Gasteiger partial charge >= 0.3 is 0 Å². The van der Waals surface area contributed by atoms with E-state index < -0.39 is 34.3 Å². The van der Waals surface area contributed by atoms with E-state index in [4.69, 9.17) is 4.74 Å². The molecule has 1 atom stereocenters. The normalized spacial score (nSPS) is 12.1. The van der Waals surface area contributed by atoms with Crippen LogP contribution in [0.25, 0.3) is 0 Å². The number of carbonyl (C=O) groups is 1. The van der Waals surface area contributed by atoms with E-state index in [0.717, 1.165) is 30.3 Å². The number of halogens is 3. The van der Waals surface area contributed by atoms with Crippen molar-refractivity contribution in [2.24, 2.45) is 5.92 Å². The molecule has 0 aliphatic heterocycles. The van der Waals surface area contributed by atoms with Crippen molar-refractivity contribution in [3.8, 4) is 5.75 Å². The van der Waals surface area contributed by atoms with Gasteiger partial charge in [0.1, 0.15) is 12.4 Å². The predicted octanol–water partition coefficient (Wildman–Crippen LogP) is 5.61. The van der Waals surface area contributed by atoms with Gasteiger partial charge in [-0.15, -0.1) is 10.2 Å². The first-order chi connectivity index (χ1) is 16.2. The van der Waals surface area contributed by atoms with Crippen LogP contribution in [0.15, 0.2) is 41.6 Å². The van der Waals surface area contributed by atoms with Crippen molar-refractivity contribution in [3.05, 3.63) is 65.2 Å². The molecule has 1 N–H and O–H groups in total. The predicted molar refractivity (Wildman–Crippen MR) is 125 cm³/mol. The van der Waals surface area contributed by atoms with Crippen LogP contribution in [0, 0.1) is 23.4 Å². The summed E-state index contributed by atoms with van der Waals surface area (Å²) >= 11 is 1.13. The lowest BCUT2D eigenvalue weighted by molar-refractivity contribution is -0.115. The molecule has 2 aromatic carbocycles. The molecule has 1 amide bonds. The van der Waals surface area contributed by atoms with Crippen molar-refractivity contribution in [1.82, 2.24) is 14.8 Å². The lowest BCUT2D eigenvalue weighted by Gasteiger charge is -2.16. The highest BCUT2D eigenvalue weighted by Crippen LogP contribution is 2.26. The van der Waals surface area contributed by atoms with Crippen LogP contribution in [0.5, 0.6) is 5.75 Å². The van der Waals surface area contributed by atoms with E-state index in [9.17, 15) is 18.0 Å². The minimum absolute atomic E-state index is 0.201. The monoisotopic (exact) mass is 492 g/mol. The lowest BCUT2D eigenvalue weighted by atomic mass is 10.2. The summed E-state index contributed by atoms with van der Waals surface area (Å²) in [5, 5.41) is 10.5. The minimum atomic E-state index is -1.64. The Kier molecular flexibility index (Phi) is 8.60. The molecule has 0 aliphatic carbocycles. The van der Waals surface area contributed by atoms with E-state index >= 15 is 0 Å². The van der Waals surface area contributed by atoms with Crippen LogP contribution >= 0.6 is 11.8 Å². The summed E-state index contributed by atoms with van der Waals surface area (Å²) in [6.45, 7) is 8.59. The molecule has 34 heavy (non-hydrogen) atoms. The third kappa shape index (κ3) is 6.31. The molecule has 0 saturated carbocycles. The van der Waals surface area contributed by atoms with Gasteiger partial charge in [-0.25, -0.2) is 13.2 Å². The lowest BCUT2D eigenvalue weighted by Crippen LogP contribution is -2.24. The maximum atomic E-state index is 13.9. The number of amides is 1. The molecule has 0 radical (unpaired) electrons. The van der Waals surface area contributed by atoms with Gasteiger partial charge in [-0.1, -0.05) is 44.7 Å². The van der Waals surface area contributed by atoms with Gasteiger partial charge in [0.25, 0.3) is 0 Å². The molecule has 1 aromatic heterocycles. The van der Waals surface area contributed by atoms with Crippen LogP contribution in [-0.2, 0) is 24.4 Å². The molecular formula is C24H27F3N4O2S. The summed E-state index contributed by atoms with van der Waals surface area (Å²) in [6.07, 6.45) is 0.943. The first kappa shape index (κ1) is 25.6. The summed E-state index contributed by atoms with van der Waals surface area (Å²) < 4.78 is 48.3. The zero-order valence-corrected chi connectivity index (χ0v) is 20.3. The Hall–Kier alpha value is -3.01. The van der Waals surface area contributed by atoms with Gasteiger partial charge in [0.2, 0.25) is 5.91 Å². The zero-order valence-electron chi connectivity index (χ0n) is 19.4. The van der Waals surface area contributed by atoms with Gasteiger partial charge in [-0.3, -0.25) is 4.79 Å². The van der Waals surface area contributed by atoms with E-state index in [2.05, 4.69) is 22.4 Å². The van der Waals surface area contributed by atoms with Gasteiger partial charge in [0.15, 0.2) is 28.4 Å². The molecule has 0 aliphatic rings. The number of carbonyl (C=O) groups excluding carboxylic acids is 1. The minimum Gasteiger partial charge on any atom is -0.486 e. The number of nitrogens with zero attached hydrogens (tertiary/aromatic N) is 3. The molecule has 0 saturated heterocycles. The van der Waals surface area contributed by atoms with E-state index in [-0.39, 0.29) is 12.5 Å². The molecule has 3 aromatic rings. The fourth-order valence-corrected chi connectivity index (χ4v) is 3.98. The highest BCUT2D eigenvalue weighted by Gasteiger charge is 2.23. The summed E-state index contributed by atoms with van der Waals surface area (Å²) in [5.41, 5.74) is 0.785. The Morgan fingerprint density at radius 2 is 1.76 bits per heavy atom. The molecule has 3 rings (SSSR count). The van der Waals surface area contributed by atoms with Crippen LogP contribution in [0.2, 0.25) is 0 Å². The molecule has 0 bridgehead atoms. The summed E-state index contributed by atoms with van der Waals surface area (Å²) in [6, 6.07) is 9.56. The van der Waals surface area contributed by atoms with Crippen molar-refractivity contribution in [1.29, 1.82) is 0 Å². The van der Waals surface area contributed by atoms with Crippen LogP contribution < -0.4 is 10.1 Å². The van der Waals surface area contributed by atoms with E-state index in [1.54, 1.807) is 6.92 Å². The van der Waals surface area contributed by atoms with Gasteiger partial charge < -0.3 is 14.6 Å². The fourth-order valence-electron chi connectivity index (χ4n) is 3.10. The highest BCUT2D eigenvalue weighted by atomic mass is 32.2. The van der Waals surface area contributed by atoms with Crippen LogP contribution in [0.1, 0.15) is 39.1 Å². The van der Waals surface area contributed by atoms with Crippen molar-refractivity contribution in [3.63, 3.8) is 0 Å². The molecule has 0 spiro atoms. The third-order valence-electron chi connectivity index (χ3n) is 4.99. The second-order valence-corrected chi connectivity index (χ2v) is 9.47.